The number of hydrogen-bond acceptors (Lipinski definition) is 1. The number of carbonyl (C=O) groups is 1. The molecule has 1 radical (unpaired) electrons. The van der Waals surface area contributed by atoms with Gasteiger partial charge in [0.1, 0.15) is 0 Å². The first-order valence-corrected chi connectivity index (χ1v) is 5.85. The Morgan fingerprint density at radius 1 is 0.778 bits per heavy atom. The Morgan fingerprint density at radius 3 is 2.39 bits per heavy atom. The summed E-state index contributed by atoms with van der Waals surface area (Å²) in [6.07, 6.45) is -0.0460. The van der Waals surface area contributed by atoms with E-state index in [9.17, 15) is 9.90 Å². The van der Waals surface area contributed by atoms with Crippen LogP contribution >= 0.6 is 0 Å². The van der Waals surface area contributed by atoms with Gasteiger partial charge in [-0.1, -0.05) is 54.6 Å². The van der Waals surface area contributed by atoms with Gasteiger partial charge in [-0.2, -0.15) is 0 Å². The molecule has 0 saturated carbocycles. The molecule has 87 valence electrons. The molecular weight excluding hydrogens is 224 g/mol. The zero-order valence-corrected chi connectivity index (χ0v) is 9.72. The maximum absolute atomic E-state index is 10.8. The molecule has 0 saturated heterocycles. The number of carbonyl (C=O) groups excluding carboxylic acids is 1. The first-order chi connectivity index (χ1) is 8.75. The van der Waals surface area contributed by atoms with E-state index in [1.54, 1.807) is 0 Å². The summed E-state index contributed by atoms with van der Waals surface area (Å²) in [6.45, 7) is 0. The number of benzene rings is 3. The third kappa shape index (κ3) is 1.72. The molecular formula is C16H11O2. The van der Waals surface area contributed by atoms with Gasteiger partial charge in [0, 0.05) is 0 Å². The van der Waals surface area contributed by atoms with Gasteiger partial charge in [0.05, 0.1) is 6.42 Å². The van der Waals surface area contributed by atoms with E-state index < -0.39 is 5.97 Å². The molecule has 0 bridgehead atoms. The van der Waals surface area contributed by atoms with Crippen LogP contribution in [0.3, 0.4) is 0 Å². The molecule has 0 aliphatic carbocycles. The molecule has 0 spiro atoms. The zero-order chi connectivity index (χ0) is 12.5. The predicted molar refractivity (Wildman–Crippen MR) is 70.9 cm³/mol. The minimum absolute atomic E-state index is 0.0460. The highest BCUT2D eigenvalue weighted by molar-refractivity contribution is 6.08. The van der Waals surface area contributed by atoms with Gasteiger partial charge in [0.2, 0.25) is 0 Å². The van der Waals surface area contributed by atoms with Crippen molar-refractivity contribution in [2.24, 2.45) is 0 Å². The summed E-state index contributed by atoms with van der Waals surface area (Å²) >= 11 is 0. The Labute approximate surface area is 104 Å². The molecule has 0 aliphatic rings. The topological polar surface area (TPSA) is 37.0 Å². The van der Waals surface area contributed by atoms with Crippen LogP contribution in [0.5, 0.6) is 0 Å². The molecule has 0 amide bonds. The van der Waals surface area contributed by atoms with Crippen LogP contribution in [0.25, 0.3) is 21.5 Å². The van der Waals surface area contributed by atoms with E-state index in [0.717, 1.165) is 27.1 Å². The van der Waals surface area contributed by atoms with Gasteiger partial charge >= 0.3 is 5.97 Å². The van der Waals surface area contributed by atoms with E-state index in [1.165, 1.54) is 0 Å². The van der Waals surface area contributed by atoms with Crippen LogP contribution in [0, 0.1) is 0 Å². The van der Waals surface area contributed by atoms with E-state index in [-0.39, 0.29) is 6.42 Å². The van der Waals surface area contributed by atoms with E-state index >= 15 is 0 Å². The molecule has 0 unspecified atom stereocenters. The highest BCUT2D eigenvalue weighted by atomic mass is 16.4. The van der Waals surface area contributed by atoms with Crippen LogP contribution < -0.4 is 0 Å². The second-order valence-corrected chi connectivity index (χ2v) is 4.35. The smallest absolute Gasteiger partial charge is 0.247 e. The van der Waals surface area contributed by atoms with Crippen molar-refractivity contribution >= 4 is 27.5 Å². The highest BCUT2D eigenvalue weighted by Gasteiger charge is 2.08. The van der Waals surface area contributed by atoms with Crippen LogP contribution in [0.2, 0.25) is 0 Å². The molecule has 3 rings (SSSR count). The molecule has 2 heteroatoms. The van der Waals surface area contributed by atoms with E-state index in [0.29, 0.717) is 0 Å². The molecule has 18 heavy (non-hydrogen) atoms. The maximum atomic E-state index is 10.8. The van der Waals surface area contributed by atoms with Gasteiger partial charge in [0.25, 0.3) is 0 Å². The Hall–Kier alpha value is -2.35. The molecule has 0 aromatic heterocycles. The number of hydrogen-bond donors (Lipinski definition) is 0. The highest BCUT2D eigenvalue weighted by Crippen LogP contribution is 2.27. The largest absolute Gasteiger partial charge is 0.359 e. The summed E-state index contributed by atoms with van der Waals surface area (Å²) in [5.74, 6) is -1.05. The Morgan fingerprint density at radius 2 is 1.56 bits per heavy atom. The molecule has 3 aromatic rings. The molecule has 3 aromatic carbocycles. The molecule has 0 N–H and O–H groups in total. The van der Waals surface area contributed by atoms with Gasteiger partial charge in [0.15, 0.2) is 0 Å². The molecule has 0 heterocycles. The van der Waals surface area contributed by atoms with Crippen LogP contribution in [-0.2, 0) is 16.3 Å². The van der Waals surface area contributed by atoms with Crippen molar-refractivity contribution in [3.63, 3.8) is 0 Å². The zero-order valence-electron chi connectivity index (χ0n) is 9.72. The lowest BCUT2D eigenvalue weighted by atomic mass is 9.97. The van der Waals surface area contributed by atoms with Crippen molar-refractivity contribution in [2.45, 2.75) is 6.42 Å². The molecule has 0 fully saturated rings. The van der Waals surface area contributed by atoms with Gasteiger partial charge in [-0.3, -0.25) is 0 Å². The van der Waals surface area contributed by atoms with Gasteiger partial charge in [-0.05, 0) is 27.1 Å². The predicted octanol–water partition coefficient (Wildman–Crippen LogP) is 3.49. The average molecular weight is 235 g/mol. The van der Waals surface area contributed by atoms with E-state index in [4.69, 9.17) is 0 Å². The monoisotopic (exact) mass is 235 g/mol. The van der Waals surface area contributed by atoms with Gasteiger partial charge in [-0.25, -0.2) is 9.90 Å². The Kier molecular flexibility index (Phi) is 2.49. The molecule has 0 aliphatic heterocycles. The summed E-state index contributed by atoms with van der Waals surface area (Å²) in [7, 11) is 0. The minimum atomic E-state index is -1.05. The normalized spacial score (nSPS) is 10.9. The summed E-state index contributed by atoms with van der Waals surface area (Å²) < 4.78 is 0. The van der Waals surface area contributed by atoms with Crippen molar-refractivity contribution in [3.05, 3.63) is 60.2 Å². The second-order valence-electron chi connectivity index (χ2n) is 4.35. The Bertz CT molecular complexity index is 744. The lowest BCUT2D eigenvalue weighted by molar-refractivity contribution is -0.142. The maximum Gasteiger partial charge on any atom is 0.359 e. The fourth-order valence-electron chi connectivity index (χ4n) is 2.42. The molecule has 0 atom stereocenters. The summed E-state index contributed by atoms with van der Waals surface area (Å²) in [6, 6.07) is 17.9. The summed E-state index contributed by atoms with van der Waals surface area (Å²) in [5, 5.41) is 15.2. The SMILES string of the molecule is [O]C(=O)Cc1cccc2c1ccc1ccccc12. The Balaban J connectivity index is 2.36. The van der Waals surface area contributed by atoms with Gasteiger partial charge < -0.3 is 0 Å². The van der Waals surface area contributed by atoms with Crippen molar-refractivity contribution < 1.29 is 9.90 Å². The van der Waals surface area contributed by atoms with E-state index in [2.05, 4.69) is 12.1 Å². The van der Waals surface area contributed by atoms with E-state index in [1.807, 2.05) is 42.5 Å². The summed E-state index contributed by atoms with van der Waals surface area (Å²) in [4.78, 5) is 10.8. The number of rotatable bonds is 2. The average Bonchev–Trinajstić information content (AvgIpc) is 2.38. The molecule has 2 nitrogen and oxygen atoms in total. The van der Waals surface area contributed by atoms with Crippen LogP contribution in [0.15, 0.2) is 54.6 Å². The van der Waals surface area contributed by atoms with Crippen LogP contribution in [0.1, 0.15) is 5.56 Å². The summed E-state index contributed by atoms with van der Waals surface area (Å²) in [5.41, 5.74) is 0.804. The second kappa shape index (κ2) is 4.15. The van der Waals surface area contributed by atoms with Crippen LogP contribution in [0.4, 0.5) is 0 Å². The standard InChI is InChI=1S/C16H11O2/c17-16(18)10-12-5-3-7-15-13-6-2-1-4-11(13)8-9-14(12)15/h1-9H,10H2. The fourth-order valence-corrected chi connectivity index (χ4v) is 2.42. The number of fused-ring (bicyclic) bond motifs is 3. The third-order valence-corrected chi connectivity index (χ3v) is 3.21. The lowest BCUT2D eigenvalue weighted by Gasteiger charge is -2.07. The van der Waals surface area contributed by atoms with Crippen molar-refractivity contribution in [3.8, 4) is 0 Å². The van der Waals surface area contributed by atoms with Gasteiger partial charge in [-0.15, -0.1) is 0 Å². The van der Waals surface area contributed by atoms with Crippen molar-refractivity contribution in [2.75, 3.05) is 0 Å². The van der Waals surface area contributed by atoms with Crippen molar-refractivity contribution in [1.82, 2.24) is 0 Å². The van der Waals surface area contributed by atoms with Crippen LogP contribution in [-0.4, -0.2) is 5.97 Å². The first kappa shape index (κ1) is 10.8. The lowest BCUT2D eigenvalue weighted by Crippen LogP contribution is -1.98. The minimum Gasteiger partial charge on any atom is -0.247 e. The fraction of sp³-hybridized carbons (Fsp3) is 0.0625. The van der Waals surface area contributed by atoms with Crippen molar-refractivity contribution in [1.29, 1.82) is 0 Å². The third-order valence-electron chi connectivity index (χ3n) is 3.21. The quantitative estimate of drug-likeness (QED) is 0.626. The first-order valence-electron chi connectivity index (χ1n) is 5.85.